The normalized spacial score (nSPS) is 12.7. The highest BCUT2D eigenvalue weighted by Gasteiger charge is 2.07. The number of aryl methyl sites for hydroxylation is 1. The zero-order chi connectivity index (χ0) is 23.4. The maximum absolute atomic E-state index is 11.5. The summed E-state index contributed by atoms with van der Waals surface area (Å²) in [7, 11) is 0. The summed E-state index contributed by atoms with van der Waals surface area (Å²) in [5.74, 6) is -0.497. The molecule has 1 aromatic carbocycles. The van der Waals surface area contributed by atoms with Gasteiger partial charge in [-0.05, 0) is 97.3 Å². The average molecular weight is 427 g/mol. The fourth-order valence-corrected chi connectivity index (χ4v) is 3.31. The molecule has 0 saturated carbocycles. The molecule has 0 radical (unpaired) electrons. The van der Waals surface area contributed by atoms with Crippen LogP contribution in [0.5, 0.6) is 11.5 Å². The Kier molecular flexibility index (Phi) is 11.5. The minimum atomic E-state index is -0.850. The number of allylic oxidation sites excluding steroid dienone is 7. The molecule has 0 aliphatic rings. The Bertz CT molecular complexity index is 865. The van der Waals surface area contributed by atoms with E-state index in [1.807, 2.05) is 19.1 Å². The molecule has 0 heterocycles. The molecule has 31 heavy (non-hydrogen) atoms. The molecular formula is C27H38O4. The number of carboxylic acid groups (broad SMARTS) is 1. The number of rotatable bonds is 12. The molecule has 1 aromatic rings. The van der Waals surface area contributed by atoms with E-state index < -0.39 is 5.97 Å². The van der Waals surface area contributed by atoms with Crippen molar-refractivity contribution in [1.29, 1.82) is 0 Å². The molecule has 0 bridgehead atoms. The van der Waals surface area contributed by atoms with E-state index >= 15 is 0 Å². The number of aliphatic carboxylic acids is 1. The van der Waals surface area contributed by atoms with Gasteiger partial charge in [0.25, 0.3) is 0 Å². The van der Waals surface area contributed by atoms with Crippen LogP contribution in [0.4, 0.5) is 0 Å². The van der Waals surface area contributed by atoms with E-state index in [0.717, 1.165) is 31.3 Å². The van der Waals surface area contributed by atoms with Crippen LogP contribution in [-0.2, 0) is 11.2 Å². The van der Waals surface area contributed by atoms with Crippen molar-refractivity contribution >= 4 is 5.97 Å². The molecule has 0 aliphatic carbocycles. The fraction of sp³-hybridized carbons (Fsp3) is 0.444. The van der Waals surface area contributed by atoms with E-state index in [1.54, 1.807) is 13.0 Å². The summed E-state index contributed by atoms with van der Waals surface area (Å²) in [4.78, 5) is 11.5. The first-order chi connectivity index (χ1) is 14.6. The van der Waals surface area contributed by atoms with Crippen LogP contribution in [0, 0.1) is 6.92 Å². The van der Waals surface area contributed by atoms with Crippen LogP contribution in [0.3, 0.4) is 0 Å². The summed E-state index contributed by atoms with van der Waals surface area (Å²) in [5.41, 5.74) is 5.54. The first-order valence-electron chi connectivity index (χ1n) is 11.0. The third-order valence-electron chi connectivity index (χ3n) is 5.24. The number of carbonyl (C=O) groups is 1. The number of benzene rings is 1. The van der Waals surface area contributed by atoms with Crippen LogP contribution >= 0.6 is 0 Å². The summed E-state index contributed by atoms with van der Waals surface area (Å²) < 4.78 is 0. The second kappa shape index (κ2) is 13.5. The summed E-state index contributed by atoms with van der Waals surface area (Å²) in [6.07, 6.45) is 13.5. The molecule has 0 atom stereocenters. The van der Waals surface area contributed by atoms with Gasteiger partial charge in [0.15, 0.2) is 0 Å². The van der Waals surface area contributed by atoms with Gasteiger partial charge in [0.2, 0.25) is 0 Å². The maximum Gasteiger partial charge on any atom is 0.331 e. The highest BCUT2D eigenvalue weighted by molar-refractivity contribution is 5.86. The largest absolute Gasteiger partial charge is 0.508 e. The molecule has 4 nitrogen and oxygen atoms in total. The van der Waals surface area contributed by atoms with Crippen LogP contribution < -0.4 is 0 Å². The lowest BCUT2D eigenvalue weighted by Gasteiger charge is -2.07. The Labute approximate surface area is 187 Å². The van der Waals surface area contributed by atoms with E-state index in [9.17, 15) is 20.1 Å². The van der Waals surface area contributed by atoms with E-state index in [1.165, 1.54) is 17.2 Å². The van der Waals surface area contributed by atoms with Gasteiger partial charge in [0, 0.05) is 11.1 Å². The highest BCUT2D eigenvalue weighted by atomic mass is 16.4. The van der Waals surface area contributed by atoms with Crippen molar-refractivity contribution in [3.63, 3.8) is 0 Å². The number of phenols is 2. The van der Waals surface area contributed by atoms with Gasteiger partial charge in [0.1, 0.15) is 11.5 Å². The quantitative estimate of drug-likeness (QED) is 0.188. The second-order valence-electron chi connectivity index (χ2n) is 8.51. The highest BCUT2D eigenvalue weighted by Crippen LogP contribution is 2.28. The molecule has 0 fully saturated rings. The first kappa shape index (κ1) is 26.3. The van der Waals surface area contributed by atoms with Crippen molar-refractivity contribution in [3.8, 4) is 11.5 Å². The van der Waals surface area contributed by atoms with Crippen molar-refractivity contribution in [1.82, 2.24) is 0 Å². The lowest BCUT2D eigenvalue weighted by Crippen LogP contribution is -2.00. The number of carboxylic acids is 1. The topological polar surface area (TPSA) is 77.8 Å². The van der Waals surface area contributed by atoms with Crippen LogP contribution in [0.25, 0.3) is 0 Å². The molecule has 4 heteroatoms. The molecule has 0 aliphatic heterocycles. The second-order valence-corrected chi connectivity index (χ2v) is 8.51. The first-order valence-corrected chi connectivity index (χ1v) is 11.0. The number of aromatic hydroxyl groups is 2. The Hall–Kier alpha value is -2.75. The van der Waals surface area contributed by atoms with Gasteiger partial charge in [-0.3, -0.25) is 0 Å². The summed E-state index contributed by atoms with van der Waals surface area (Å²) in [5, 5.41) is 29.3. The molecule has 3 N–H and O–H groups in total. The molecule has 0 amide bonds. The number of phenolic OH excluding ortho intramolecular Hbond substituents is 2. The minimum Gasteiger partial charge on any atom is -0.508 e. The molecule has 0 aromatic heterocycles. The summed E-state index contributed by atoms with van der Waals surface area (Å²) >= 11 is 0. The SMILES string of the molecule is CC(C)=CCCC(C)=CCCC(=CCCC(C)=CCc1cc(O)cc(C)c1O)C(=O)O. The third kappa shape index (κ3) is 10.7. The fourth-order valence-electron chi connectivity index (χ4n) is 3.31. The Morgan fingerprint density at radius 1 is 0.839 bits per heavy atom. The molecule has 170 valence electrons. The van der Waals surface area contributed by atoms with E-state index in [-0.39, 0.29) is 11.5 Å². The van der Waals surface area contributed by atoms with E-state index in [0.29, 0.717) is 36.0 Å². The van der Waals surface area contributed by atoms with Crippen LogP contribution in [0.1, 0.15) is 77.3 Å². The van der Waals surface area contributed by atoms with E-state index in [2.05, 4.69) is 32.9 Å². The molecule has 0 saturated heterocycles. The van der Waals surface area contributed by atoms with Gasteiger partial charge < -0.3 is 15.3 Å². The van der Waals surface area contributed by atoms with Crippen LogP contribution in [0.15, 0.2) is 58.7 Å². The Morgan fingerprint density at radius 3 is 2.03 bits per heavy atom. The third-order valence-corrected chi connectivity index (χ3v) is 5.24. The van der Waals surface area contributed by atoms with Gasteiger partial charge in [-0.25, -0.2) is 4.79 Å². The van der Waals surface area contributed by atoms with Gasteiger partial charge in [-0.1, -0.05) is 41.0 Å². The Balaban J connectivity index is 2.57. The van der Waals surface area contributed by atoms with Crippen molar-refractivity contribution in [2.45, 2.75) is 79.6 Å². The molecular weight excluding hydrogens is 388 g/mol. The van der Waals surface area contributed by atoms with Crippen LogP contribution in [0.2, 0.25) is 0 Å². The zero-order valence-corrected chi connectivity index (χ0v) is 19.7. The average Bonchev–Trinajstić information content (AvgIpc) is 2.67. The van der Waals surface area contributed by atoms with Gasteiger partial charge in [0.05, 0.1) is 0 Å². The monoisotopic (exact) mass is 426 g/mol. The van der Waals surface area contributed by atoms with Crippen molar-refractivity contribution in [3.05, 3.63) is 69.9 Å². The lowest BCUT2D eigenvalue weighted by atomic mass is 10.0. The lowest BCUT2D eigenvalue weighted by molar-refractivity contribution is -0.132. The predicted octanol–water partition coefficient (Wildman–Crippen LogP) is 7.16. The predicted molar refractivity (Wildman–Crippen MR) is 129 cm³/mol. The minimum absolute atomic E-state index is 0.145. The number of hydrogen-bond donors (Lipinski definition) is 3. The summed E-state index contributed by atoms with van der Waals surface area (Å²) in [6.45, 7) is 10.0. The van der Waals surface area contributed by atoms with Gasteiger partial charge in [-0.2, -0.15) is 0 Å². The maximum atomic E-state index is 11.5. The molecule has 0 unspecified atom stereocenters. The van der Waals surface area contributed by atoms with Crippen molar-refractivity contribution < 1.29 is 20.1 Å². The van der Waals surface area contributed by atoms with E-state index in [4.69, 9.17) is 0 Å². The van der Waals surface area contributed by atoms with Gasteiger partial charge >= 0.3 is 5.97 Å². The zero-order valence-electron chi connectivity index (χ0n) is 19.7. The summed E-state index contributed by atoms with van der Waals surface area (Å²) in [6, 6.07) is 3.11. The van der Waals surface area contributed by atoms with Crippen LogP contribution in [-0.4, -0.2) is 21.3 Å². The van der Waals surface area contributed by atoms with Crippen molar-refractivity contribution in [2.75, 3.05) is 0 Å². The smallest absolute Gasteiger partial charge is 0.331 e. The standard InChI is InChI=1S/C27H38O4/c1-19(2)9-6-10-20(3)11-7-13-23(27(30)31)14-8-12-21(4)15-16-24-18-25(28)17-22(5)26(24)29/h9,11,14-15,17-18,28-29H,6-8,10,12-13,16H2,1-5H3,(H,30,31). The Morgan fingerprint density at radius 2 is 1.42 bits per heavy atom. The molecule has 1 rings (SSSR count). The van der Waals surface area contributed by atoms with Gasteiger partial charge in [-0.15, -0.1) is 0 Å². The molecule has 0 spiro atoms. The van der Waals surface area contributed by atoms with Crippen molar-refractivity contribution in [2.24, 2.45) is 0 Å². The number of hydrogen-bond acceptors (Lipinski definition) is 3.